The summed E-state index contributed by atoms with van der Waals surface area (Å²) in [6, 6.07) is 13.7. The molecule has 0 heterocycles. The number of benzene rings is 2. The topological polar surface area (TPSA) is 23.1 Å². The molecule has 0 saturated heterocycles. The van der Waals surface area contributed by atoms with Gasteiger partial charge in [-0.2, -0.15) is 0 Å². The summed E-state index contributed by atoms with van der Waals surface area (Å²) in [5, 5.41) is 11.9. The Morgan fingerprint density at radius 1 is 0.938 bits per heavy atom. The minimum absolute atomic E-state index is 0. The molecule has 1 nitrogen and oxygen atoms in total. The van der Waals surface area contributed by atoms with Crippen LogP contribution in [0.25, 0.3) is 11.1 Å². The van der Waals surface area contributed by atoms with Crippen LogP contribution in [0.4, 0.5) is 0 Å². The van der Waals surface area contributed by atoms with Crippen LogP contribution in [-0.2, 0) is 0 Å². The molecular formula is C14H13NaO. The van der Waals surface area contributed by atoms with E-state index in [4.69, 9.17) is 0 Å². The molecule has 0 amide bonds. The molecule has 0 fully saturated rings. The molecule has 0 bridgehead atoms. The third-order valence-electron chi connectivity index (χ3n) is 2.54. The van der Waals surface area contributed by atoms with Crippen molar-refractivity contribution in [3.8, 4) is 16.9 Å². The number of para-hydroxylation sites is 1. The Balaban J connectivity index is 0.00000128. The average Bonchev–Trinajstić information content (AvgIpc) is 2.22. The van der Waals surface area contributed by atoms with Crippen LogP contribution in [0, 0.1) is 13.8 Å². The summed E-state index contributed by atoms with van der Waals surface area (Å²) in [4.78, 5) is 0. The molecule has 0 aliphatic rings. The average molecular weight is 220 g/mol. The van der Waals surface area contributed by atoms with Gasteiger partial charge >= 0.3 is 29.6 Å². The van der Waals surface area contributed by atoms with Gasteiger partial charge in [0.1, 0.15) is 0 Å². The molecule has 0 aliphatic carbocycles. The maximum atomic E-state index is 11.9. The molecule has 0 aromatic heterocycles. The molecular weight excluding hydrogens is 207 g/mol. The summed E-state index contributed by atoms with van der Waals surface area (Å²) < 4.78 is 0. The summed E-state index contributed by atoms with van der Waals surface area (Å²) in [5.74, 6) is 0.128. The molecule has 2 aromatic carbocycles. The number of hydrogen-bond donors (Lipinski definition) is 0. The van der Waals surface area contributed by atoms with Crippen LogP contribution in [0.15, 0.2) is 42.5 Å². The van der Waals surface area contributed by atoms with Crippen LogP contribution in [0.3, 0.4) is 0 Å². The van der Waals surface area contributed by atoms with Gasteiger partial charge in [0.15, 0.2) is 0 Å². The molecule has 2 aromatic rings. The first-order valence-corrected chi connectivity index (χ1v) is 5.02. The van der Waals surface area contributed by atoms with Crippen molar-refractivity contribution in [2.24, 2.45) is 0 Å². The van der Waals surface area contributed by atoms with Crippen LogP contribution in [0.5, 0.6) is 5.75 Å². The van der Waals surface area contributed by atoms with Gasteiger partial charge < -0.3 is 5.11 Å². The molecule has 0 spiro atoms. The summed E-state index contributed by atoms with van der Waals surface area (Å²) in [6.45, 7) is 3.88. The normalized spacial score (nSPS) is 9.62. The maximum absolute atomic E-state index is 11.9. The molecule has 2 heteroatoms. The quantitative estimate of drug-likeness (QED) is 0.623. The second kappa shape index (κ2) is 5.53. The standard InChI is InChI=1S/C14H14O.Na/c1-10-5-3-7-12(9-10)13-8-4-6-11(2)14(13)15;/h3-9,15H,1-2H3;/q;+1/p-1. The molecule has 0 saturated carbocycles. The van der Waals surface area contributed by atoms with Gasteiger partial charge in [0, 0.05) is 0 Å². The van der Waals surface area contributed by atoms with Crippen molar-refractivity contribution in [3.05, 3.63) is 53.6 Å². The number of aryl methyl sites for hydroxylation is 2. The minimum Gasteiger partial charge on any atom is -0.872 e. The minimum atomic E-state index is 0. The summed E-state index contributed by atoms with van der Waals surface area (Å²) >= 11 is 0. The van der Waals surface area contributed by atoms with Gasteiger partial charge in [-0.05, 0) is 25.0 Å². The number of hydrogen-bond acceptors (Lipinski definition) is 1. The van der Waals surface area contributed by atoms with Crippen molar-refractivity contribution in [2.45, 2.75) is 13.8 Å². The predicted octanol–water partition coefficient (Wildman–Crippen LogP) is 0.0480. The van der Waals surface area contributed by atoms with E-state index in [-0.39, 0.29) is 35.3 Å². The van der Waals surface area contributed by atoms with Gasteiger partial charge in [0.2, 0.25) is 0 Å². The molecule has 0 aliphatic heterocycles. The van der Waals surface area contributed by atoms with Crippen molar-refractivity contribution in [2.75, 3.05) is 0 Å². The van der Waals surface area contributed by atoms with Gasteiger partial charge in [-0.3, -0.25) is 0 Å². The second-order valence-electron chi connectivity index (χ2n) is 3.82. The van der Waals surface area contributed by atoms with Crippen molar-refractivity contribution in [3.63, 3.8) is 0 Å². The van der Waals surface area contributed by atoms with Crippen molar-refractivity contribution in [1.82, 2.24) is 0 Å². The Kier molecular flexibility index (Phi) is 4.60. The fourth-order valence-corrected chi connectivity index (χ4v) is 1.69. The third-order valence-corrected chi connectivity index (χ3v) is 2.54. The van der Waals surface area contributed by atoms with Crippen molar-refractivity contribution in [1.29, 1.82) is 0 Å². The second-order valence-corrected chi connectivity index (χ2v) is 3.82. The van der Waals surface area contributed by atoms with Crippen molar-refractivity contribution >= 4 is 0 Å². The van der Waals surface area contributed by atoms with Crippen LogP contribution in [-0.4, -0.2) is 0 Å². The first kappa shape index (κ1) is 13.3. The first-order chi connectivity index (χ1) is 7.18. The summed E-state index contributed by atoms with van der Waals surface area (Å²) in [7, 11) is 0. The van der Waals surface area contributed by atoms with E-state index in [9.17, 15) is 5.11 Å². The van der Waals surface area contributed by atoms with Crippen LogP contribution in [0.2, 0.25) is 0 Å². The summed E-state index contributed by atoms with van der Waals surface area (Å²) in [6.07, 6.45) is 0. The van der Waals surface area contributed by atoms with E-state index in [0.717, 1.165) is 16.7 Å². The van der Waals surface area contributed by atoms with Crippen molar-refractivity contribution < 1.29 is 34.7 Å². The third kappa shape index (κ3) is 2.67. The Bertz CT molecular complexity index is 492. The van der Waals surface area contributed by atoms with Crippen LogP contribution >= 0.6 is 0 Å². The Labute approximate surface area is 118 Å². The van der Waals surface area contributed by atoms with Crippen LogP contribution < -0.4 is 34.7 Å². The monoisotopic (exact) mass is 220 g/mol. The van der Waals surface area contributed by atoms with E-state index < -0.39 is 0 Å². The Morgan fingerprint density at radius 3 is 2.31 bits per heavy atom. The molecule has 2 rings (SSSR count). The van der Waals surface area contributed by atoms with Gasteiger partial charge in [-0.25, -0.2) is 0 Å². The largest absolute Gasteiger partial charge is 1.00 e. The molecule has 0 radical (unpaired) electrons. The van der Waals surface area contributed by atoms with Gasteiger partial charge in [0.25, 0.3) is 0 Å². The smallest absolute Gasteiger partial charge is 0.872 e. The molecule has 16 heavy (non-hydrogen) atoms. The SMILES string of the molecule is Cc1cccc(-c2cccc(C)c2[O-])c1.[Na+]. The molecule has 0 unspecified atom stereocenters. The van der Waals surface area contributed by atoms with E-state index in [1.165, 1.54) is 5.56 Å². The Hall–Kier alpha value is -0.760. The van der Waals surface area contributed by atoms with E-state index in [1.807, 2.05) is 56.3 Å². The zero-order valence-corrected chi connectivity index (χ0v) is 11.9. The predicted molar refractivity (Wildman–Crippen MR) is 60.8 cm³/mol. The fraction of sp³-hybridized carbons (Fsp3) is 0.143. The van der Waals surface area contributed by atoms with E-state index in [2.05, 4.69) is 0 Å². The summed E-state index contributed by atoms with van der Waals surface area (Å²) in [5.41, 5.74) is 3.77. The van der Waals surface area contributed by atoms with E-state index in [1.54, 1.807) is 0 Å². The zero-order valence-electron chi connectivity index (χ0n) is 9.95. The fourth-order valence-electron chi connectivity index (χ4n) is 1.69. The first-order valence-electron chi connectivity index (χ1n) is 5.02. The van der Waals surface area contributed by atoms with Crippen LogP contribution in [0.1, 0.15) is 11.1 Å². The maximum Gasteiger partial charge on any atom is 1.00 e. The molecule has 76 valence electrons. The van der Waals surface area contributed by atoms with Gasteiger partial charge in [0.05, 0.1) is 0 Å². The van der Waals surface area contributed by atoms with Gasteiger partial charge in [-0.1, -0.05) is 59.3 Å². The van der Waals surface area contributed by atoms with Gasteiger partial charge in [-0.15, -0.1) is 0 Å². The van der Waals surface area contributed by atoms with E-state index in [0.29, 0.717) is 0 Å². The number of rotatable bonds is 1. The Morgan fingerprint density at radius 2 is 1.62 bits per heavy atom. The zero-order chi connectivity index (χ0) is 10.8. The van der Waals surface area contributed by atoms with E-state index >= 15 is 0 Å². The molecule has 0 atom stereocenters. The molecule has 0 N–H and O–H groups in total.